The second-order valence-electron chi connectivity index (χ2n) is 2.41. The first-order chi connectivity index (χ1) is 5.70. The van der Waals surface area contributed by atoms with Crippen LogP contribution in [0.15, 0.2) is 24.3 Å². The average Bonchev–Trinajstić information content (AvgIpc) is 2.04. The van der Waals surface area contributed by atoms with E-state index < -0.39 is 0 Å². The molecule has 0 fully saturated rings. The van der Waals surface area contributed by atoms with E-state index in [1.807, 2.05) is 26.0 Å². The van der Waals surface area contributed by atoms with E-state index in [2.05, 4.69) is 0 Å². The van der Waals surface area contributed by atoms with Gasteiger partial charge in [-0.15, -0.1) is 0 Å². The van der Waals surface area contributed by atoms with Crippen LogP contribution in [0.5, 0.6) is 5.75 Å². The monoisotopic (exact) mass is 166 g/mol. The van der Waals surface area contributed by atoms with Crippen LogP contribution < -0.4 is 0 Å². The fourth-order valence-corrected chi connectivity index (χ4v) is 0.628. The number of carbonyl (C=O) groups is 1. The molecule has 0 aliphatic rings. The summed E-state index contributed by atoms with van der Waals surface area (Å²) in [5.41, 5.74) is 1.09. The van der Waals surface area contributed by atoms with Gasteiger partial charge in [-0.05, 0) is 24.6 Å². The zero-order valence-corrected chi connectivity index (χ0v) is 7.45. The lowest BCUT2D eigenvalue weighted by atomic mass is 10.2. The molecule has 1 rings (SSSR count). The van der Waals surface area contributed by atoms with Gasteiger partial charge in [-0.25, -0.2) is 0 Å². The fourth-order valence-electron chi connectivity index (χ4n) is 0.628. The Morgan fingerprint density at radius 1 is 1.50 bits per heavy atom. The van der Waals surface area contributed by atoms with Gasteiger partial charge in [0, 0.05) is 6.42 Å². The molecule has 0 unspecified atom stereocenters. The summed E-state index contributed by atoms with van der Waals surface area (Å²) in [6, 6.07) is 7.15. The van der Waals surface area contributed by atoms with Crippen molar-refractivity contribution in [1.29, 1.82) is 0 Å². The molecule has 0 aromatic heterocycles. The molecule has 2 nitrogen and oxygen atoms in total. The van der Waals surface area contributed by atoms with Crippen molar-refractivity contribution in [3.63, 3.8) is 0 Å². The Balaban J connectivity index is 0.000000261. The van der Waals surface area contributed by atoms with Crippen LogP contribution in [0.3, 0.4) is 0 Å². The van der Waals surface area contributed by atoms with Crippen molar-refractivity contribution < 1.29 is 9.90 Å². The first-order valence-corrected chi connectivity index (χ1v) is 3.90. The molecular weight excluding hydrogens is 152 g/mol. The highest BCUT2D eigenvalue weighted by Crippen LogP contribution is 2.08. The molecule has 1 aromatic carbocycles. The first-order valence-electron chi connectivity index (χ1n) is 3.90. The Bertz CT molecular complexity index is 214. The molecule has 0 aliphatic heterocycles. The summed E-state index contributed by atoms with van der Waals surface area (Å²) in [4.78, 5) is 9.17. The number of aromatic hydroxyl groups is 1. The normalized spacial score (nSPS) is 8.17. The number of hydrogen-bond donors (Lipinski definition) is 1. The maximum atomic E-state index is 9.17. The van der Waals surface area contributed by atoms with Crippen molar-refractivity contribution in [1.82, 2.24) is 0 Å². The van der Waals surface area contributed by atoms with Crippen LogP contribution in [0, 0.1) is 6.92 Å². The van der Waals surface area contributed by atoms with Gasteiger partial charge in [0.1, 0.15) is 12.0 Å². The van der Waals surface area contributed by atoms with Crippen molar-refractivity contribution in [2.45, 2.75) is 20.3 Å². The minimum atomic E-state index is 0.338. The van der Waals surface area contributed by atoms with Crippen LogP contribution in [-0.4, -0.2) is 11.4 Å². The summed E-state index contributed by atoms with van der Waals surface area (Å²) in [6.45, 7) is 3.76. The van der Waals surface area contributed by atoms with Crippen LogP contribution in [0.2, 0.25) is 0 Å². The van der Waals surface area contributed by atoms with Gasteiger partial charge in [0.15, 0.2) is 0 Å². The van der Waals surface area contributed by atoms with Crippen molar-refractivity contribution in [2.24, 2.45) is 0 Å². The predicted octanol–water partition coefficient (Wildman–Crippen LogP) is 2.30. The predicted molar refractivity (Wildman–Crippen MR) is 49.2 cm³/mol. The lowest BCUT2D eigenvalue weighted by Gasteiger charge is -1.89. The second-order valence-corrected chi connectivity index (χ2v) is 2.41. The minimum absolute atomic E-state index is 0.338. The molecule has 0 spiro atoms. The topological polar surface area (TPSA) is 37.3 Å². The summed E-state index contributed by atoms with van der Waals surface area (Å²) in [5, 5.41) is 8.81. The number of phenols is 1. The number of hydrogen-bond acceptors (Lipinski definition) is 2. The largest absolute Gasteiger partial charge is 0.508 e. The van der Waals surface area contributed by atoms with Crippen molar-refractivity contribution in [3.8, 4) is 5.75 Å². The molecule has 12 heavy (non-hydrogen) atoms. The highest BCUT2D eigenvalue weighted by atomic mass is 16.3. The summed E-state index contributed by atoms with van der Waals surface area (Å²) in [5.74, 6) is 0.338. The summed E-state index contributed by atoms with van der Waals surface area (Å²) in [6.07, 6.45) is 1.51. The number of rotatable bonds is 1. The van der Waals surface area contributed by atoms with Crippen LogP contribution in [0.1, 0.15) is 18.9 Å². The van der Waals surface area contributed by atoms with Crippen molar-refractivity contribution in [2.75, 3.05) is 0 Å². The zero-order valence-electron chi connectivity index (χ0n) is 7.45. The maximum absolute atomic E-state index is 9.17. The van der Waals surface area contributed by atoms with Gasteiger partial charge >= 0.3 is 0 Å². The third-order valence-corrected chi connectivity index (χ3v) is 1.17. The van der Waals surface area contributed by atoms with E-state index in [0.29, 0.717) is 12.2 Å². The molecule has 66 valence electrons. The van der Waals surface area contributed by atoms with Crippen LogP contribution in [0.4, 0.5) is 0 Å². The first kappa shape index (κ1) is 10.7. The van der Waals surface area contributed by atoms with Gasteiger partial charge in [-0.2, -0.15) is 0 Å². The van der Waals surface area contributed by atoms with Gasteiger partial charge in [0.2, 0.25) is 0 Å². The lowest BCUT2D eigenvalue weighted by molar-refractivity contribution is -0.107. The molecular formula is C10H14O2. The van der Waals surface area contributed by atoms with E-state index in [4.69, 9.17) is 5.11 Å². The molecule has 0 heterocycles. The zero-order chi connectivity index (χ0) is 9.40. The van der Waals surface area contributed by atoms with Gasteiger partial charge < -0.3 is 9.90 Å². The number of benzene rings is 1. The van der Waals surface area contributed by atoms with Gasteiger partial charge in [0.05, 0.1) is 0 Å². The molecule has 2 heteroatoms. The molecule has 0 atom stereocenters. The Morgan fingerprint density at radius 2 is 2.08 bits per heavy atom. The van der Waals surface area contributed by atoms with E-state index in [9.17, 15) is 4.79 Å². The van der Waals surface area contributed by atoms with Gasteiger partial charge in [-0.1, -0.05) is 19.1 Å². The van der Waals surface area contributed by atoms with Gasteiger partial charge in [-0.3, -0.25) is 0 Å². The SMILES string of the molecule is CCC=O.Cc1cccc(O)c1. The molecule has 1 aromatic rings. The summed E-state index contributed by atoms with van der Waals surface area (Å²) >= 11 is 0. The highest BCUT2D eigenvalue weighted by molar-refractivity contribution is 5.48. The number of carbonyl (C=O) groups excluding carboxylic acids is 1. The Labute approximate surface area is 72.9 Å². The lowest BCUT2D eigenvalue weighted by Crippen LogP contribution is -1.66. The van der Waals surface area contributed by atoms with Crippen LogP contribution in [0.25, 0.3) is 0 Å². The molecule has 0 radical (unpaired) electrons. The fraction of sp³-hybridized carbons (Fsp3) is 0.300. The maximum Gasteiger partial charge on any atom is 0.119 e. The van der Waals surface area contributed by atoms with E-state index >= 15 is 0 Å². The summed E-state index contributed by atoms with van der Waals surface area (Å²) in [7, 11) is 0. The van der Waals surface area contributed by atoms with Crippen molar-refractivity contribution in [3.05, 3.63) is 29.8 Å². The number of aldehydes is 1. The molecule has 0 saturated carbocycles. The molecule has 1 N–H and O–H groups in total. The quantitative estimate of drug-likeness (QED) is 0.650. The van der Waals surface area contributed by atoms with E-state index in [1.54, 1.807) is 12.1 Å². The van der Waals surface area contributed by atoms with Crippen molar-refractivity contribution >= 4 is 6.29 Å². The molecule has 0 aliphatic carbocycles. The smallest absolute Gasteiger partial charge is 0.119 e. The molecule has 0 amide bonds. The van der Waals surface area contributed by atoms with E-state index in [1.165, 1.54) is 0 Å². The van der Waals surface area contributed by atoms with E-state index in [-0.39, 0.29) is 0 Å². The average molecular weight is 166 g/mol. The second kappa shape index (κ2) is 6.40. The van der Waals surface area contributed by atoms with Gasteiger partial charge in [0.25, 0.3) is 0 Å². The van der Waals surface area contributed by atoms with Crippen LogP contribution >= 0.6 is 0 Å². The Hall–Kier alpha value is -1.31. The minimum Gasteiger partial charge on any atom is -0.508 e. The van der Waals surface area contributed by atoms with E-state index in [0.717, 1.165) is 11.8 Å². The highest BCUT2D eigenvalue weighted by Gasteiger charge is 1.83. The third-order valence-electron chi connectivity index (χ3n) is 1.17. The number of phenolic OH excluding ortho intramolecular Hbond substituents is 1. The third kappa shape index (κ3) is 5.47. The molecule has 0 bridgehead atoms. The molecule has 0 saturated heterocycles. The standard InChI is InChI=1S/C7H8O.C3H6O/c1-6-3-2-4-7(8)5-6;1-2-3-4/h2-5,8H,1H3;3H,2H2,1H3. The Kier molecular flexibility index (Phi) is 5.70. The number of aryl methyl sites for hydroxylation is 1. The summed E-state index contributed by atoms with van der Waals surface area (Å²) < 4.78 is 0. The Morgan fingerprint density at radius 3 is 2.33 bits per heavy atom. The van der Waals surface area contributed by atoms with Crippen LogP contribution in [-0.2, 0) is 4.79 Å².